The SMILES string of the molecule is Cc1ccc(C)c(S(=O)(=O)Cc2ccc(C(=O)O)cn2)c1. The molecule has 6 heteroatoms. The zero-order valence-corrected chi connectivity index (χ0v) is 12.5. The summed E-state index contributed by atoms with van der Waals surface area (Å²) in [6, 6.07) is 8.03. The van der Waals surface area contributed by atoms with Gasteiger partial charge in [0.25, 0.3) is 0 Å². The van der Waals surface area contributed by atoms with E-state index in [2.05, 4.69) is 4.98 Å². The van der Waals surface area contributed by atoms with Crippen molar-refractivity contribution in [3.05, 3.63) is 58.9 Å². The van der Waals surface area contributed by atoms with Gasteiger partial charge in [-0.15, -0.1) is 0 Å². The van der Waals surface area contributed by atoms with E-state index in [1.165, 1.54) is 12.1 Å². The van der Waals surface area contributed by atoms with Crippen LogP contribution in [0, 0.1) is 13.8 Å². The average molecular weight is 305 g/mol. The molecular formula is C15H15NO4S. The summed E-state index contributed by atoms with van der Waals surface area (Å²) in [5.74, 6) is -1.34. The zero-order chi connectivity index (χ0) is 15.6. The largest absolute Gasteiger partial charge is 0.478 e. The Morgan fingerprint density at radius 2 is 1.90 bits per heavy atom. The van der Waals surface area contributed by atoms with Crippen LogP contribution in [0.5, 0.6) is 0 Å². The molecule has 0 aliphatic carbocycles. The number of carboxylic acid groups (broad SMARTS) is 1. The molecule has 0 saturated heterocycles. The van der Waals surface area contributed by atoms with E-state index in [9.17, 15) is 13.2 Å². The normalized spacial score (nSPS) is 11.3. The van der Waals surface area contributed by atoms with Gasteiger partial charge in [-0.05, 0) is 43.2 Å². The number of aromatic nitrogens is 1. The maximum absolute atomic E-state index is 12.4. The monoisotopic (exact) mass is 305 g/mol. The van der Waals surface area contributed by atoms with E-state index in [-0.39, 0.29) is 16.2 Å². The third-order valence-corrected chi connectivity index (χ3v) is 4.87. The van der Waals surface area contributed by atoms with Crippen LogP contribution in [-0.2, 0) is 15.6 Å². The lowest BCUT2D eigenvalue weighted by molar-refractivity contribution is 0.0696. The summed E-state index contributed by atoms with van der Waals surface area (Å²) in [7, 11) is -3.51. The van der Waals surface area contributed by atoms with Crippen molar-refractivity contribution in [2.75, 3.05) is 0 Å². The van der Waals surface area contributed by atoms with Gasteiger partial charge in [0, 0.05) is 6.20 Å². The first-order valence-corrected chi connectivity index (χ1v) is 7.93. The van der Waals surface area contributed by atoms with Crippen LogP contribution in [0.25, 0.3) is 0 Å². The minimum Gasteiger partial charge on any atom is -0.478 e. The van der Waals surface area contributed by atoms with Crippen molar-refractivity contribution in [1.82, 2.24) is 4.98 Å². The van der Waals surface area contributed by atoms with Crippen LogP contribution in [0.15, 0.2) is 41.4 Å². The van der Waals surface area contributed by atoms with Crippen LogP contribution in [0.3, 0.4) is 0 Å². The molecule has 0 atom stereocenters. The Kier molecular flexibility index (Phi) is 4.09. The second-order valence-corrected chi connectivity index (χ2v) is 6.83. The molecule has 2 aromatic rings. The van der Waals surface area contributed by atoms with Crippen LogP contribution < -0.4 is 0 Å². The van der Waals surface area contributed by atoms with Gasteiger partial charge in [0.2, 0.25) is 0 Å². The Balaban J connectivity index is 2.33. The number of sulfone groups is 1. The first-order chi connectivity index (χ1) is 9.79. The smallest absolute Gasteiger partial charge is 0.337 e. The summed E-state index contributed by atoms with van der Waals surface area (Å²) in [5.41, 5.74) is 1.90. The lowest BCUT2D eigenvalue weighted by Crippen LogP contribution is -2.09. The summed E-state index contributed by atoms with van der Waals surface area (Å²) in [6.45, 7) is 3.58. The maximum Gasteiger partial charge on any atom is 0.337 e. The molecular weight excluding hydrogens is 290 g/mol. The first-order valence-electron chi connectivity index (χ1n) is 6.28. The number of rotatable bonds is 4. The van der Waals surface area contributed by atoms with Gasteiger partial charge in [-0.1, -0.05) is 12.1 Å². The Morgan fingerprint density at radius 3 is 2.48 bits per heavy atom. The second kappa shape index (κ2) is 5.65. The van der Waals surface area contributed by atoms with Crippen LogP contribution in [0.2, 0.25) is 0 Å². The summed E-state index contributed by atoms with van der Waals surface area (Å²) >= 11 is 0. The van der Waals surface area contributed by atoms with Crippen molar-refractivity contribution in [3.8, 4) is 0 Å². The van der Waals surface area contributed by atoms with Crippen molar-refractivity contribution in [2.45, 2.75) is 24.5 Å². The van der Waals surface area contributed by atoms with Crippen LogP contribution in [0.4, 0.5) is 0 Å². The van der Waals surface area contributed by atoms with Crippen molar-refractivity contribution in [2.24, 2.45) is 0 Å². The van der Waals surface area contributed by atoms with E-state index in [1.807, 2.05) is 13.0 Å². The Bertz CT molecular complexity index is 780. The highest BCUT2D eigenvalue weighted by Gasteiger charge is 2.19. The van der Waals surface area contributed by atoms with Crippen molar-refractivity contribution in [3.63, 3.8) is 0 Å². The number of aromatic carboxylic acids is 1. The molecule has 1 aromatic carbocycles. The molecule has 5 nitrogen and oxygen atoms in total. The maximum atomic E-state index is 12.4. The third-order valence-electron chi connectivity index (χ3n) is 3.09. The molecule has 1 aromatic heterocycles. The van der Waals surface area contributed by atoms with Gasteiger partial charge >= 0.3 is 5.97 Å². The molecule has 0 fully saturated rings. The lowest BCUT2D eigenvalue weighted by Gasteiger charge is -2.08. The van der Waals surface area contributed by atoms with E-state index in [0.29, 0.717) is 11.3 Å². The summed E-state index contributed by atoms with van der Waals surface area (Å²) in [4.78, 5) is 14.9. The summed E-state index contributed by atoms with van der Waals surface area (Å²) in [6.07, 6.45) is 1.16. The number of carbonyl (C=O) groups is 1. The molecule has 0 unspecified atom stereocenters. The Labute approximate surface area is 123 Å². The topological polar surface area (TPSA) is 84.3 Å². The molecule has 0 aliphatic heterocycles. The van der Waals surface area contributed by atoms with E-state index in [1.54, 1.807) is 19.1 Å². The van der Waals surface area contributed by atoms with E-state index in [0.717, 1.165) is 11.8 Å². The summed E-state index contributed by atoms with van der Waals surface area (Å²) in [5, 5.41) is 8.79. The molecule has 0 spiro atoms. The van der Waals surface area contributed by atoms with E-state index >= 15 is 0 Å². The highest BCUT2D eigenvalue weighted by molar-refractivity contribution is 7.90. The van der Waals surface area contributed by atoms with E-state index in [4.69, 9.17) is 5.11 Å². The fourth-order valence-electron chi connectivity index (χ4n) is 1.95. The number of hydrogen-bond acceptors (Lipinski definition) is 4. The average Bonchev–Trinajstić information content (AvgIpc) is 2.41. The van der Waals surface area contributed by atoms with Crippen molar-refractivity contribution >= 4 is 15.8 Å². The van der Waals surface area contributed by atoms with Gasteiger partial charge < -0.3 is 5.11 Å². The highest BCUT2D eigenvalue weighted by atomic mass is 32.2. The fraction of sp³-hybridized carbons (Fsp3) is 0.200. The van der Waals surface area contributed by atoms with Crippen LogP contribution >= 0.6 is 0 Å². The van der Waals surface area contributed by atoms with Crippen molar-refractivity contribution < 1.29 is 18.3 Å². The van der Waals surface area contributed by atoms with Gasteiger partial charge in [0.05, 0.1) is 21.9 Å². The van der Waals surface area contributed by atoms with Crippen LogP contribution in [0.1, 0.15) is 27.2 Å². The summed E-state index contributed by atoms with van der Waals surface area (Å²) < 4.78 is 24.9. The Morgan fingerprint density at radius 1 is 1.19 bits per heavy atom. The van der Waals surface area contributed by atoms with Gasteiger partial charge in [-0.3, -0.25) is 4.98 Å². The number of pyridine rings is 1. The highest BCUT2D eigenvalue weighted by Crippen LogP contribution is 2.21. The van der Waals surface area contributed by atoms with Gasteiger partial charge in [-0.2, -0.15) is 0 Å². The molecule has 0 radical (unpaired) electrons. The minimum absolute atomic E-state index is 0.0304. The quantitative estimate of drug-likeness (QED) is 0.937. The number of benzene rings is 1. The molecule has 110 valence electrons. The number of hydrogen-bond donors (Lipinski definition) is 1. The van der Waals surface area contributed by atoms with Gasteiger partial charge in [0.1, 0.15) is 0 Å². The van der Waals surface area contributed by atoms with E-state index < -0.39 is 15.8 Å². The van der Waals surface area contributed by atoms with Gasteiger partial charge in [-0.25, -0.2) is 13.2 Å². The minimum atomic E-state index is -3.51. The second-order valence-electron chi connectivity index (χ2n) is 4.87. The molecule has 1 N–H and O–H groups in total. The molecule has 0 aliphatic rings. The predicted octanol–water partition coefficient (Wildman–Crippen LogP) is 2.37. The molecule has 21 heavy (non-hydrogen) atoms. The molecule has 0 saturated carbocycles. The van der Waals surface area contributed by atoms with Crippen molar-refractivity contribution in [1.29, 1.82) is 0 Å². The standard InChI is InChI=1S/C15H15NO4S/c1-10-3-4-11(2)14(7-10)21(19,20)9-13-6-5-12(8-16-13)15(17)18/h3-8H,9H2,1-2H3,(H,17,18). The Hall–Kier alpha value is -2.21. The number of nitrogens with zero attached hydrogens (tertiary/aromatic N) is 1. The fourth-order valence-corrected chi connectivity index (χ4v) is 3.59. The molecule has 2 rings (SSSR count). The first kappa shape index (κ1) is 15.2. The third kappa shape index (κ3) is 3.46. The van der Waals surface area contributed by atoms with Crippen LogP contribution in [-0.4, -0.2) is 24.5 Å². The zero-order valence-electron chi connectivity index (χ0n) is 11.7. The lowest BCUT2D eigenvalue weighted by atomic mass is 10.2. The predicted molar refractivity (Wildman–Crippen MR) is 78.0 cm³/mol. The molecule has 0 bridgehead atoms. The number of carboxylic acids is 1. The molecule has 1 heterocycles. The van der Waals surface area contributed by atoms with Gasteiger partial charge in [0.15, 0.2) is 9.84 Å². The molecule has 0 amide bonds. The number of aryl methyl sites for hydroxylation is 2.